The molecule has 0 bridgehead atoms. The Morgan fingerprint density at radius 1 is 1.37 bits per heavy atom. The second-order valence-corrected chi connectivity index (χ2v) is 6.95. The molecule has 2 aromatic heterocycles. The molecule has 0 unspecified atom stereocenters. The predicted octanol–water partition coefficient (Wildman–Crippen LogP) is 3.84. The molecule has 140 valence electrons. The van der Waals surface area contributed by atoms with Crippen molar-refractivity contribution in [1.82, 2.24) is 15.0 Å². The van der Waals surface area contributed by atoms with Crippen LogP contribution in [0.5, 0.6) is 0 Å². The van der Waals surface area contributed by atoms with Gasteiger partial charge in [-0.3, -0.25) is 9.63 Å². The maximum Gasteiger partial charge on any atom is 0.279 e. The molecule has 1 fully saturated rings. The van der Waals surface area contributed by atoms with Crippen molar-refractivity contribution in [2.75, 3.05) is 11.9 Å². The lowest BCUT2D eigenvalue weighted by molar-refractivity contribution is 0.0272. The molecule has 6 nitrogen and oxygen atoms in total. The number of nitrogens with zero attached hydrogens (tertiary/aromatic N) is 2. The summed E-state index contributed by atoms with van der Waals surface area (Å²) >= 11 is 0. The van der Waals surface area contributed by atoms with Crippen molar-refractivity contribution in [3.05, 3.63) is 53.5 Å². The van der Waals surface area contributed by atoms with Crippen LogP contribution in [0.25, 0.3) is 11.0 Å². The maximum atomic E-state index is 14.3. The van der Waals surface area contributed by atoms with E-state index in [1.807, 2.05) is 19.1 Å². The highest BCUT2D eigenvalue weighted by atomic mass is 19.1. The number of aromatic nitrogens is 2. The minimum absolute atomic E-state index is 0.291. The lowest BCUT2D eigenvalue weighted by Gasteiger charge is -2.12. The van der Waals surface area contributed by atoms with E-state index in [-0.39, 0.29) is 11.7 Å². The number of hydroxylamine groups is 1. The number of pyridine rings is 1. The van der Waals surface area contributed by atoms with E-state index in [9.17, 15) is 9.18 Å². The Balaban J connectivity index is 1.71. The van der Waals surface area contributed by atoms with Gasteiger partial charge in [-0.25, -0.2) is 14.9 Å². The normalized spacial score (nSPS) is 13.7. The third kappa shape index (κ3) is 3.50. The van der Waals surface area contributed by atoms with Gasteiger partial charge < -0.3 is 9.88 Å². The van der Waals surface area contributed by atoms with E-state index in [1.54, 1.807) is 29.9 Å². The van der Waals surface area contributed by atoms with Gasteiger partial charge >= 0.3 is 0 Å². The van der Waals surface area contributed by atoms with Gasteiger partial charge in [-0.2, -0.15) is 0 Å². The minimum Gasteiger partial charge on any atom is -0.339 e. The first-order chi connectivity index (χ1) is 13.0. The summed E-state index contributed by atoms with van der Waals surface area (Å²) in [5.74, 6) is 0.214. The molecule has 0 spiro atoms. The van der Waals surface area contributed by atoms with Crippen molar-refractivity contribution in [2.24, 2.45) is 13.0 Å². The van der Waals surface area contributed by atoms with Crippen molar-refractivity contribution in [1.29, 1.82) is 0 Å². The van der Waals surface area contributed by atoms with Gasteiger partial charge in [0.1, 0.15) is 17.3 Å². The van der Waals surface area contributed by atoms with Crippen molar-refractivity contribution < 1.29 is 14.0 Å². The zero-order valence-electron chi connectivity index (χ0n) is 15.3. The van der Waals surface area contributed by atoms with Gasteiger partial charge in [0.2, 0.25) is 0 Å². The van der Waals surface area contributed by atoms with Crippen molar-refractivity contribution >= 4 is 28.4 Å². The number of carbonyl (C=O) groups is 1. The van der Waals surface area contributed by atoms with Crippen molar-refractivity contribution in [3.8, 4) is 0 Å². The Bertz CT molecular complexity index is 1010. The molecule has 0 aliphatic heterocycles. The van der Waals surface area contributed by atoms with E-state index in [0.29, 0.717) is 40.6 Å². The standard InChI is InChI=1S/C20H21FN4O2/c1-12-5-8-16(15(21)10-12)23-19-17(20(26)24-27-11-13-6-7-13)14-4-3-9-22-18(14)25(19)2/h3-5,8-10,13,23H,6-7,11H2,1-2H3,(H,24,26). The molecule has 1 aromatic carbocycles. The second-order valence-electron chi connectivity index (χ2n) is 6.95. The fourth-order valence-corrected chi connectivity index (χ4v) is 3.05. The van der Waals surface area contributed by atoms with Gasteiger partial charge in [-0.15, -0.1) is 0 Å². The summed E-state index contributed by atoms with van der Waals surface area (Å²) in [5, 5.41) is 3.72. The molecular weight excluding hydrogens is 347 g/mol. The zero-order chi connectivity index (χ0) is 19.0. The first kappa shape index (κ1) is 17.5. The van der Waals surface area contributed by atoms with E-state index in [2.05, 4.69) is 15.8 Å². The third-order valence-electron chi connectivity index (χ3n) is 4.73. The van der Waals surface area contributed by atoms with Crippen LogP contribution in [-0.2, 0) is 11.9 Å². The predicted molar refractivity (Wildman–Crippen MR) is 101 cm³/mol. The number of hydrogen-bond acceptors (Lipinski definition) is 4. The maximum absolute atomic E-state index is 14.3. The highest BCUT2D eigenvalue weighted by molar-refractivity contribution is 6.11. The van der Waals surface area contributed by atoms with Crippen molar-refractivity contribution in [3.63, 3.8) is 0 Å². The Kier molecular flexibility index (Phi) is 4.53. The van der Waals surface area contributed by atoms with Gasteiger partial charge in [0.25, 0.3) is 5.91 Å². The molecule has 1 aliphatic rings. The van der Waals surface area contributed by atoms with Gasteiger partial charge in [0.15, 0.2) is 0 Å². The van der Waals surface area contributed by atoms with E-state index in [0.717, 1.165) is 18.4 Å². The van der Waals surface area contributed by atoms with Crippen LogP contribution >= 0.6 is 0 Å². The third-order valence-corrected chi connectivity index (χ3v) is 4.73. The van der Waals surface area contributed by atoms with Crippen LogP contribution in [0.1, 0.15) is 28.8 Å². The summed E-state index contributed by atoms with van der Waals surface area (Å²) in [7, 11) is 1.78. The number of fused-ring (bicyclic) bond motifs is 1. The molecule has 3 aromatic rings. The summed E-state index contributed by atoms with van der Waals surface area (Å²) in [4.78, 5) is 22.5. The Morgan fingerprint density at radius 3 is 2.93 bits per heavy atom. The summed E-state index contributed by atoms with van der Waals surface area (Å²) in [5.41, 5.74) is 4.62. The quantitative estimate of drug-likeness (QED) is 0.649. The van der Waals surface area contributed by atoms with E-state index >= 15 is 0 Å². The number of aryl methyl sites for hydroxylation is 2. The Morgan fingerprint density at radius 2 is 2.19 bits per heavy atom. The molecule has 27 heavy (non-hydrogen) atoms. The first-order valence-electron chi connectivity index (χ1n) is 8.93. The minimum atomic E-state index is -0.385. The zero-order valence-corrected chi connectivity index (χ0v) is 15.3. The van der Waals surface area contributed by atoms with E-state index < -0.39 is 0 Å². The van der Waals surface area contributed by atoms with Crippen LogP contribution in [0.3, 0.4) is 0 Å². The molecule has 1 saturated carbocycles. The van der Waals surface area contributed by atoms with E-state index in [1.165, 1.54) is 6.07 Å². The lowest BCUT2D eigenvalue weighted by atomic mass is 10.2. The number of benzene rings is 1. The van der Waals surface area contributed by atoms with Crippen LogP contribution in [0.2, 0.25) is 0 Å². The highest BCUT2D eigenvalue weighted by Crippen LogP contribution is 2.32. The summed E-state index contributed by atoms with van der Waals surface area (Å²) in [6.07, 6.45) is 3.92. The smallest absolute Gasteiger partial charge is 0.279 e. The number of amides is 1. The van der Waals surface area contributed by atoms with Gasteiger partial charge in [-0.05, 0) is 55.5 Å². The molecule has 0 saturated heterocycles. The van der Waals surface area contributed by atoms with Crippen LogP contribution in [-0.4, -0.2) is 22.1 Å². The molecule has 0 radical (unpaired) electrons. The molecule has 0 atom stereocenters. The fourth-order valence-electron chi connectivity index (χ4n) is 3.05. The number of hydrogen-bond donors (Lipinski definition) is 2. The van der Waals surface area contributed by atoms with Gasteiger partial charge in [0, 0.05) is 18.6 Å². The molecule has 7 heteroatoms. The van der Waals surface area contributed by atoms with Crippen LogP contribution in [0.4, 0.5) is 15.9 Å². The second kappa shape index (κ2) is 7.00. The molecular formula is C20H21FN4O2. The average molecular weight is 368 g/mol. The van der Waals surface area contributed by atoms with Crippen LogP contribution in [0, 0.1) is 18.7 Å². The Labute approximate surface area is 156 Å². The van der Waals surface area contributed by atoms with Crippen molar-refractivity contribution in [2.45, 2.75) is 19.8 Å². The number of nitrogens with one attached hydrogen (secondary N) is 2. The molecule has 1 amide bonds. The number of halogens is 1. The monoisotopic (exact) mass is 368 g/mol. The number of anilines is 2. The van der Waals surface area contributed by atoms with Crippen LogP contribution in [0.15, 0.2) is 36.5 Å². The highest BCUT2D eigenvalue weighted by Gasteiger charge is 2.25. The largest absolute Gasteiger partial charge is 0.339 e. The molecule has 1 aliphatic carbocycles. The summed E-state index contributed by atoms with van der Waals surface area (Å²) in [6.45, 7) is 2.33. The van der Waals surface area contributed by atoms with Gasteiger partial charge in [-0.1, -0.05) is 6.07 Å². The summed E-state index contributed by atoms with van der Waals surface area (Å²) < 4.78 is 16.1. The summed E-state index contributed by atoms with van der Waals surface area (Å²) in [6, 6.07) is 8.49. The van der Waals surface area contributed by atoms with Crippen LogP contribution < -0.4 is 10.8 Å². The topological polar surface area (TPSA) is 68.2 Å². The lowest BCUT2D eigenvalue weighted by Crippen LogP contribution is -2.25. The molecule has 4 rings (SSSR count). The average Bonchev–Trinajstić information content (AvgIpc) is 3.42. The first-order valence-corrected chi connectivity index (χ1v) is 8.93. The van der Waals surface area contributed by atoms with Gasteiger partial charge in [0.05, 0.1) is 17.9 Å². The SMILES string of the molecule is Cc1ccc(Nc2c(C(=O)NOCC3CC3)c3cccnc3n2C)c(F)c1. The Hall–Kier alpha value is -2.93. The number of carbonyl (C=O) groups excluding carboxylic acids is 1. The molecule has 2 heterocycles. The van der Waals surface area contributed by atoms with E-state index in [4.69, 9.17) is 4.84 Å². The fraction of sp³-hybridized carbons (Fsp3) is 0.300. The molecule has 2 N–H and O–H groups in total. The number of rotatable bonds is 6.